The van der Waals surface area contributed by atoms with Gasteiger partial charge in [0.1, 0.15) is 5.69 Å². The van der Waals surface area contributed by atoms with Crippen LogP contribution in [0.2, 0.25) is 0 Å². The average molecular weight is 259 g/mol. The molecule has 1 aromatic heterocycles. The summed E-state index contributed by atoms with van der Waals surface area (Å²) in [5, 5.41) is 15.1. The fourth-order valence-electron chi connectivity index (χ4n) is 1.68. The third-order valence-electron chi connectivity index (χ3n) is 2.59. The number of carbonyl (C=O) groups excluding carboxylic acids is 1. The highest BCUT2D eigenvalue weighted by Crippen LogP contribution is 2.16. The molecule has 6 heteroatoms. The summed E-state index contributed by atoms with van der Waals surface area (Å²) in [6, 6.07) is 10.5. The van der Waals surface area contributed by atoms with E-state index in [4.69, 9.17) is 5.11 Å². The Labute approximate surface area is 109 Å². The van der Waals surface area contributed by atoms with Crippen LogP contribution in [0.25, 0.3) is 0 Å². The number of amides is 1. The first-order chi connectivity index (χ1) is 9.18. The van der Waals surface area contributed by atoms with Gasteiger partial charge in [0.2, 0.25) is 0 Å². The molecule has 0 aliphatic heterocycles. The molecule has 0 saturated carbocycles. The molecule has 1 aromatic carbocycles. The number of rotatable bonds is 5. The number of hydrogen-bond acceptors (Lipinski definition) is 3. The third kappa shape index (κ3) is 3.19. The van der Waals surface area contributed by atoms with Crippen LogP contribution in [0.4, 0.5) is 5.69 Å². The standard InChI is InChI=1S/C13H13N3O3/c17-12(18)7-9-16(10-4-2-1-3-5-10)13(19)11-6-8-14-15-11/h1-6,8H,7,9H2,(H,14,15)(H,17,18). The van der Waals surface area contributed by atoms with Gasteiger partial charge in [-0.25, -0.2) is 0 Å². The van der Waals surface area contributed by atoms with Crippen molar-refractivity contribution >= 4 is 17.6 Å². The molecule has 19 heavy (non-hydrogen) atoms. The second-order valence-corrected chi connectivity index (χ2v) is 3.91. The maximum atomic E-state index is 12.3. The molecule has 0 unspecified atom stereocenters. The minimum Gasteiger partial charge on any atom is -0.481 e. The van der Waals surface area contributed by atoms with Crippen LogP contribution in [-0.4, -0.2) is 33.7 Å². The van der Waals surface area contributed by atoms with Crippen LogP contribution in [0.15, 0.2) is 42.6 Å². The molecule has 0 saturated heterocycles. The quantitative estimate of drug-likeness (QED) is 0.852. The average Bonchev–Trinajstić information content (AvgIpc) is 2.93. The van der Waals surface area contributed by atoms with Crippen LogP contribution in [0.1, 0.15) is 16.9 Å². The number of nitrogens with zero attached hydrogens (tertiary/aromatic N) is 2. The topological polar surface area (TPSA) is 86.3 Å². The SMILES string of the molecule is O=C(O)CCN(C(=O)c1ccn[nH]1)c1ccccc1. The van der Waals surface area contributed by atoms with Gasteiger partial charge in [-0.15, -0.1) is 0 Å². The van der Waals surface area contributed by atoms with Crippen LogP contribution in [0, 0.1) is 0 Å². The number of para-hydroxylation sites is 1. The van der Waals surface area contributed by atoms with E-state index in [-0.39, 0.29) is 18.9 Å². The van der Waals surface area contributed by atoms with E-state index >= 15 is 0 Å². The lowest BCUT2D eigenvalue weighted by atomic mass is 10.2. The van der Waals surface area contributed by atoms with Gasteiger partial charge in [-0.3, -0.25) is 14.7 Å². The first-order valence-corrected chi connectivity index (χ1v) is 5.76. The van der Waals surface area contributed by atoms with Crippen LogP contribution in [0.3, 0.4) is 0 Å². The third-order valence-corrected chi connectivity index (χ3v) is 2.59. The van der Waals surface area contributed by atoms with Gasteiger partial charge in [-0.2, -0.15) is 5.10 Å². The number of aliphatic carboxylic acids is 1. The van der Waals surface area contributed by atoms with Crippen molar-refractivity contribution in [2.75, 3.05) is 11.4 Å². The highest BCUT2D eigenvalue weighted by Gasteiger charge is 2.19. The van der Waals surface area contributed by atoms with Crippen molar-refractivity contribution in [3.63, 3.8) is 0 Å². The minimum absolute atomic E-state index is 0.108. The van der Waals surface area contributed by atoms with E-state index in [0.29, 0.717) is 11.4 Å². The first kappa shape index (κ1) is 12.8. The number of hydrogen-bond donors (Lipinski definition) is 2. The van der Waals surface area contributed by atoms with Crippen molar-refractivity contribution in [2.45, 2.75) is 6.42 Å². The van der Waals surface area contributed by atoms with E-state index in [1.54, 1.807) is 30.3 Å². The van der Waals surface area contributed by atoms with E-state index in [0.717, 1.165) is 0 Å². The summed E-state index contributed by atoms with van der Waals surface area (Å²) in [4.78, 5) is 24.4. The zero-order valence-corrected chi connectivity index (χ0v) is 10.1. The highest BCUT2D eigenvalue weighted by atomic mass is 16.4. The summed E-state index contributed by atoms with van der Waals surface area (Å²) in [6.07, 6.45) is 1.36. The summed E-state index contributed by atoms with van der Waals surface area (Å²) < 4.78 is 0. The maximum absolute atomic E-state index is 12.3. The number of anilines is 1. The van der Waals surface area contributed by atoms with E-state index in [1.807, 2.05) is 6.07 Å². The summed E-state index contributed by atoms with van der Waals surface area (Å²) >= 11 is 0. The molecule has 0 fully saturated rings. The number of carboxylic acid groups (broad SMARTS) is 1. The van der Waals surface area contributed by atoms with Gasteiger partial charge in [0.25, 0.3) is 5.91 Å². The number of aromatic amines is 1. The number of H-pyrrole nitrogens is 1. The maximum Gasteiger partial charge on any atom is 0.305 e. The Bertz CT molecular complexity index is 552. The van der Waals surface area contributed by atoms with Crippen molar-refractivity contribution in [1.82, 2.24) is 10.2 Å². The fraction of sp³-hybridized carbons (Fsp3) is 0.154. The molecule has 0 radical (unpaired) electrons. The van der Waals surface area contributed by atoms with Crippen LogP contribution in [0.5, 0.6) is 0 Å². The largest absolute Gasteiger partial charge is 0.481 e. The minimum atomic E-state index is -0.946. The molecule has 98 valence electrons. The molecule has 0 bridgehead atoms. The van der Waals surface area contributed by atoms with E-state index < -0.39 is 5.97 Å². The Morgan fingerprint density at radius 1 is 1.21 bits per heavy atom. The number of benzene rings is 1. The smallest absolute Gasteiger partial charge is 0.305 e. The predicted octanol–water partition coefficient (Wildman–Crippen LogP) is 1.53. The second-order valence-electron chi connectivity index (χ2n) is 3.91. The number of carbonyl (C=O) groups is 2. The molecule has 1 amide bonds. The van der Waals surface area contributed by atoms with Gasteiger partial charge < -0.3 is 10.0 Å². The molecule has 0 spiro atoms. The van der Waals surface area contributed by atoms with Crippen LogP contribution >= 0.6 is 0 Å². The zero-order chi connectivity index (χ0) is 13.7. The van der Waals surface area contributed by atoms with Crippen molar-refractivity contribution in [2.24, 2.45) is 0 Å². The lowest BCUT2D eigenvalue weighted by Gasteiger charge is -2.21. The lowest BCUT2D eigenvalue weighted by molar-refractivity contribution is -0.136. The molecule has 1 heterocycles. The normalized spacial score (nSPS) is 10.1. The van der Waals surface area contributed by atoms with Crippen molar-refractivity contribution in [3.8, 4) is 0 Å². The van der Waals surface area contributed by atoms with Crippen LogP contribution < -0.4 is 4.90 Å². The molecular formula is C13H13N3O3. The predicted molar refractivity (Wildman–Crippen MR) is 69.0 cm³/mol. The van der Waals surface area contributed by atoms with Crippen molar-refractivity contribution in [1.29, 1.82) is 0 Å². The molecule has 2 aromatic rings. The number of carboxylic acids is 1. The monoisotopic (exact) mass is 259 g/mol. The van der Waals surface area contributed by atoms with Crippen LogP contribution in [-0.2, 0) is 4.79 Å². The molecule has 2 N–H and O–H groups in total. The Kier molecular flexibility index (Phi) is 3.92. The van der Waals surface area contributed by atoms with Gasteiger partial charge >= 0.3 is 5.97 Å². The number of nitrogens with one attached hydrogen (secondary N) is 1. The number of aromatic nitrogens is 2. The van der Waals surface area contributed by atoms with Gasteiger partial charge in [0.15, 0.2) is 0 Å². The Morgan fingerprint density at radius 3 is 2.53 bits per heavy atom. The van der Waals surface area contributed by atoms with Gasteiger partial charge in [-0.1, -0.05) is 18.2 Å². The van der Waals surface area contributed by atoms with Crippen molar-refractivity contribution < 1.29 is 14.7 Å². The Balaban J connectivity index is 2.24. The molecule has 2 rings (SSSR count). The molecule has 0 aliphatic rings. The molecule has 6 nitrogen and oxygen atoms in total. The summed E-state index contributed by atoms with van der Waals surface area (Å²) in [5.41, 5.74) is 0.984. The summed E-state index contributed by atoms with van der Waals surface area (Å²) in [7, 11) is 0. The zero-order valence-electron chi connectivity index (χ0n) is 10.1. The Morgan fingerprint density at radius 2 is 1.95 bits per heavy atom. The second kappa shape index (κ2) is 5.81. The van der Waals surface area contributed by atoms with Gasteiger partial charge in [-0.05, 0) is 18.2 Å². The summed E-state index contributed by atoms with van der Waals surface area (Å²) in [5.74, 6) is -1.25. The van der Waals surface area contributed by atoms with E-state index in [2.05, 4.69) is 10.2 Å². The highest BCUT2D eigenvalue weighted by molar-refractivity contribution is 6.04. The Hall–Kier alpha value is -2.63. The van der Waals surface area contributed by atoms with E-state index in [1.165, 1.54) is 11.1 Å². The molecular weight excluding hydrogens is 246 g/mol. The summed E-state index contributed by atoms with van der Waals surface area (Å²) in [6.45, 7) is 0.108. The molecule has 0 aliphatic carbocycles. The fourth-order valence-corrected chi connectivity index (χ4v) is 1.68. The molecule has 0 atom stereocenters. The van der Waals surface area contributed by atoms with Gasteiger partial charge in [0, 0.05) is 18.4 Å². The first-order valence-electron chi connectivity index (χ1n) is 5.76. The lowest BCUT2D eigenvalue weighted by Crippen LogP contribution is -2.33. The van der Waals surface area contributed by atoms with Crippen molar-refractivity contribution in [3.05, 3.63) is 48.3 Å². The van der Waals surface area contributed by atoms with E-state index in [9.17, 15) is 9.59 Å². The van der Waals surface area contributed by atoms with Gasteiger partial charge in [0.05, 0.1) is 6.42 Å².